The monoisotopic (exact) mass is 331 g/mol. The summed E-state index contributed by atoms with van der Waals surface area (Å²) in [5.74, 6) is 1.23. The van der Waals surface area contributed by atoms with E-state index < -0.39 is 0 Å². The predicted molar refractivity (Wildman–Crippen MR) is 84.5 cm³/mol. The number of rotatable bonds is 2. The number of ether oxygens (including phenoxy) is 1. The number of aromatic nitrogens is 2. The average molecular weight is 332 g/mol. The lowest BCUT2D eigenvalue weighted by atomic mass is 10.2. The van der Waals surface area contributed by atoms with Crippen LogP contribution < -0.4 is 10.5 Å². The van der Waals surface area contributed by atoms with E-state index in [-0.39, 0.29) is 0 Å². The molecule has 20 heavy (non-hydrogen) atoms. The molecule has 0 fully saturated rings. The Hall–Kier alpha value is -2.01. The number of hydrogen-bond donors (Lipinski definition) is 1. The molecule has 0 aliphatic rings. The number of nitrogens with zero attached hydrogens (tertiary/aromatic N) is 2. The van der Waals surface area contributed by atoms with Crippen molar-refractivity contribution >= 4 is 32.9 Å². The minimum Gasteiger partial charge on any atom is -0.495 e. The summed E-state index contributed by atoms with van der Waals surface area (Å²) in [7, 11) is 1.64. The number of imidazole rings is 1. The van der Waals surface area contributed by atoms with Crippen molar-refractivity contribution in [3.63, 3.8) is 0 Å². The third-order valence-corrected chi connectivity index (χ3v) is 3.88. The summed E-state index contributed by atoms with van der Waals surface area (Å²) >= 11 is 3.45. The maximum Gasteiger partial charge on any atom is 0.205 e. The molecule has 0 atom stereocenters. The lowest BCUT2D eigenvalue weighted by Gasteiger charge is -2.10. The number of nitrogens with two attached hydrogens (primary N) is 1. The van der Waals surface area contributed by atoms with Gasteiger partial charge in [0, 0.05) is 6.07 Å². The van der Waals surface area contributed by atoms with Crippen molar-refractivity contribution in [2.75, 3.05) is 12.8 Å². The Labute approximate surface area is 125 Å². The molecule has 0 bridgehead atoms. The first kappa shape index (κ1) is 13.0. The molecule has 2 N–H and O–H groups in total. The minimum absolute atomic E-state index is 0.468. The van der Waals surface area contributed by atoms with E-state index in [9.17, 15) is 0 Å². The SMILES string of the molecule is COc1cc(-n2c(N)nc3ccc(C)cc32)ccc1Br. The molecular weight excluding hydrogens is 318 g/mol. The molecule has 0 saturated heterocycles. The summed E-state index contributed by atoms with van der Waals surface area (Å²) in [5.41, 5.74) is 10.0. The lowest BCUT2D eigenvalue weighted by Crippen LogP contribution is -2.01. The number of fused-ring (bicyclic) bond motifs is 1. The van der Waals surface area contributed by atoms with Gasteiger partial charge in [-0.1, -0.05) is 6.07 Å². The minimum atomic E-state index is 0.468. The van der Waals surface area contributed by atoms with Gasteiger partial charge in [-0.2, -0.15) is 0 Å². The molecule has 0 radical (unpaired) electrons. The van der Waals surface area contributed by atoms with Gasteiger partial charge in [-0.15, -0.1) is 0 Å². The van der Waals surface area contributed by atoms with Crippen LogP contribution in [-0.2, 0) is 0 Å². The van der Waals surface area contributed by atoms with Gasteiger partial charge in [0.1, 0.15) is 5.75 Å². The molecule has 3 aromatic rings. The van der Waals surface area contributed by atoms with Crippen LogP contribution >= 0.6 is 15.9 Å². The first-order valence-corrected chi connectivity index (χ1v) is 6.98. The summed E-state index contributed by atoms with van der Waals surface area (Å²) in [6, 6.07) is 11.9. The van der Waals surface area contributed by atoms with Gasteiger partial charge in [0.2, 0.25) is 5.95 Å². The van der Waals surface area contributed by atoms with Gasteiger partial charge in [-0.3, -0.25) is 4.57 Å². The van der Waals surface area contributed by atoms with Gasteiger partial charge in [0.15, 0.2) is 0 Å². The number of methoxy groups -OCH3 is 1. The number of anilines is 1. The van der Waals surface area contributed by atoms with Crippen molar-refractivity contribution in [2.45, 2.75) is 6.92 Å². The van der Waals surface area contributed by atoms with E-state index >= 15 is 0 Å². The standard InChI is InChI=1S/C15H14BrN3O/c1-9-3-6-12-13(7-9)19(15(17)18-12)10-4-5-11(16)14(8-10)20-2/h3-8H,1-2H3,(H2,17,18). The lowest BCUT2D eigenvalue weighted by molar-refractivity contribution is 0.412. The second-order valence-corrected chi connectivity index (χ2v) is 5.47. The number of halogens is 1. The van der Waals surface area contributed by atoms with E-state index in [1.54, 1.807) is 7.11 Å². The highest BCUT2D eigenvalue weighted by Crippen LogP contribution is 2.30. The Morgan fingerprint density at radius 3 is 2.75 bits per heavy atom. The summed E-state index contributed by atoms with van der Waals surface area (Å²) in [5, 5.41) is 0. The van der Waals surface area contributed by atoms with Crippen molar-refractivity contribution in [2.24, 2.45) is 0 Å². The van der Waals surface area contributed by atoms with Crippen LogP contribution in [0.3, 0.4) is 0 Å². The molecular formula is C15H14BrN3O. The Kier molecular flexibility index (Phi) is 3.14. The Balaban J connectivity index is 2.28. The van der Waals surface area contributed by atoms with E-state index in [0.717, 1.165) is 26.9 Å². The molecule has 2 aromatic carbocycles. The average Bonchev–Trinajstić information content (AvgIpc) is 2.75. The van der Waals surface area contributed by atoms with Crippen molar-refractivity contribution in [1.82, 2.24) is 9.55 Å². The number of nitrogen functional groups attached to an aromatic ring is 1. The highest BCUT2D eigenvalue weighted by molar-refractivity contribution is 9.10. The molecule has 102 valence electrons. The topological polar surface area (TPSA) is 53.1 Å². The highest BCUT2D eigenvalue weighted by atomic mass is 79.9. The number of benzene rings is 2. The molecule has 5 heteroatoms. The fourth-order valence-corrected chi connectivity index (χ4v) is 2.67. The van der Waals surface area contributed by atoms with Gasteiger partial charge in [-0.05, 0) is 52.7 Å². The molecule has 0 spiro atoms. The van der Waals surface area contributed by atoms with E-state index in [2.05, 4.69) is 33.9 Å². The van der Waals surface area contributed by atoms with Crippen molar-refractivity contribution < 1.29 is 4.74 Å². The maximum atomic E-state index is 6.06. The van der Waals surface area contributed by atoms with Crippen LogP contribution in [0.5, 0.6) is 5.75 Å². The molecule has 0 saturated carbocycles. The molecule has 1 aromatic heterocycles. The maximum absolute atomic E-state index is 6.06. The van der Waals surface area contributed by atoms with E-state index in [0.29, 0.717) is 5.95 Å². The second kappa shape index (κ2) is 4.83. The molecule has 0 unspecified atom stereocenters. The molecule has 4 nitrogen and oxygen atoms in total. The van der Waals surface area contributed by atoms with E-state index in [1.165, 1.54) is 5.56 Å². The van der Waals surface area contributed by atoms with Gasteiger partial charge < -0.3 is 10.5 Å². The summed E-state index contributed by atoms with van der Waals surface area (Å²) in [6.45, 7) is 2.05. The van der Waals surface area contributed by atoms with Crippen LogP contribution in [0.15, 0.2) is 40.9 Å². The molecule has 0 amide bonds. The Bertz CT molecular complexity index is 795. The van der Waals surface area contributed by atoms with Crippen molar-refractivity contribution in [3.05, 3.63) is 46.4 Å². The fraction of sp³-hybridized carbons (Fsp3) is 0.133. The van der Waals surface area contributed by atoms with Crippen LogP contribution in [-0.4, -0.2) is 16.7 Å². The van der Waals surface area contributed by atoms with E-state index in [4.69, 9.17) is 10.5 Å². The first-order chi connectivity index (χ1) is 9.60. The number of aryl methyl sites for hydroxylation is 1. The van der Waals surface area contributed by atoms with Gasteiger partial charge in [0.25, 0.3) is 0 Å². The van der Waals surface area contributed by atoms with Crippen LogP contribution in [0.2, 0.25) is 0 Å². The zero-order valence-electron chi connectivity index (χ0n) is 11.2. The molecule has 3 rings (SSSR count). The summed E-state index contributed by atoms with van der Waals surface area (Å²) < 4.78 is 8.17. The van der Waals surface area contributed by atoms with Gasteiger partial charge >= 0.3 is 0 Å². The fourth-order valence-electron chi connectivity index (χ4n) is 2.26. The summed E-state index contributed by atoms with van der Waals surface area (Å²) in [4.78, 5) is 4.40. The molecule has 0 aliphatic carbocycles. The Morgan fingerprint density at radius 1 is 1.20 bits per heavy atom. The van der Waals surface area contributed by atoms with Crippen LogP contribution in [0.4, 0.5) is 5.95 Å². The molecule has 1 heterocycles. The van der Waals surface area contributed by atoms with Crippen molar-refractivity contribution in [1.29, 1.82) is 0 Å². The third-order valence-electron chi connectivity index (χ3n) is 3.23. The largest absolute Gasteiger partial charge is 0.495 e. The van der Waals surface area contributed by atoms with Crippen LogP contribution in [0, 0.1) is 6.92 Å². The van der Waals surface area contributed by atoms with Gasteiger partial charge in [0.05, 0.1) is 28.3 Å². The number of hydrogen-bond acceptors (Lipinski definition) is 3. The zero-order valence-corrected chi connectivity index (χ0v) is 12.8. The van der Waals surface area contributed by atoms with Crippen molar-refractivity contribution in [3.8, 4) is 11.4 Å². The normalized spacial score (nSPS) is 10.9. The third kappa shape index (κ3) is 2.04. The quantitative estimate of drug-likeness (QED) is 0.779. The Morgan fingerprint density at radius 2 is 2.00 bits per heavy atom. The van der Waals surface area contributed by atoms with E-state index in [1.807, 2.05) is 34.9 Å². The van der Waals surface area contributed by atoms with Crippen LogP contribution in [0.25, 0.3) is 16.7 Å². The van der Waals surface area contributed by atoms with Crippen LogP contribution in [0.1, 0.15) is 5.56 Å². The predicted octanol–water partition coefficient (Wildman–Crippen LogP) is 3.69. The second-order valence-electron chi connectivity index (χ2n) is 4.62. The first-order valence-electron chi connectivity index (χ1n) is 6.18. The zero-order chi connectivity index (χ0) is 14.3. The highest BCUT2D eigenvalue weighted by Gasteiger charge is 2.11. The molecule has 0 aliphatic heterocycles. The summed E-state index contributed by atoms with van der Waals surface area (Å²) in [6.07, 6.45) is 0. The smallest absolute Gasteiger partial charge is 0.205 e. The van der Waals surface area contributed by atoms with Gasteiger partial charge in [-0.25, -0.2) is 4.98 Å².